The first-order chi connectivity index (χ1) is 13.5. The van der Waals surface area contributed by atoms with Crippen molar-refractivity contribution in [3.05, 3.63) is 72.1 Å². The molecule has 4 rings (SSSR count). The third-order valence-electron chi connectivity index (χ3n) is 4.09. The van der Waals surface area contributed by atoms with Crippen molar-refractivity contribution in [2.45, 2.75) is 28.8 Å². The number of benzene rings is 2. The van der Waals surface area contributed by atoms with Crippen LogP contribution >= 0.6 is 11.8 Å². The highest BCUT2D eigenvalue weighted by atomic mass is 32.2. The summed E-state index contributed by atoms with van der Waals surface area (Å²) in [7, 11) is -3.78. The number of tetrazole rings is 1. The van der Waals surface area contributed by atoms with Crippen molar-refractivity contribution < 1.29 is 8.42 Å². The predicted octanol–water partition coefficient (Wildman–Crippen LogP) is 2.86. The molecule has 0 atom stereocenters. The van der Waals surface area contributed by atoms with Crippen LogP contribution in [0.15, 0.2) is 75.6 Å². The highest BCUT2D eigenvalue weighted by Gasteiger charge is 2.25. The van der Waals surface area contributed by atoms with Gasteiger partial charge in [-0.25, -0.2) is 0 Å². The van der Waals surface area contributed by atoms with Gasteiger partial charge < -0.3 is 0 Å². The quantitative estimate of drug-likeness (QED) is 0.497. The summed E-state index contributed by atoms with van der Waals surface area (Å²) in [5.74, 6) is 0. The van der Waals surface area contributed by atoms with Gasteiger partial charge in [0.25, 0.3) is 10.0 Å². The second-order valence-corrected chi connectivity index (χ2v) is 8.72. The summed E-state index contributed by atoms with van der Waals surface area (Å²) in [5.41, 5.74) is 1.91. The standard InChI is InChI=1S/C18H16N6O2S2/c1-13-17(27-18-19-21-22-23(18)15-9-5-3-6-10-15)14(2)24(20-13)28(25,26)16-11-7-4-8-12-16/h3-12H,1-2H3. The molecule has 0 spiro atoms. The number of hydrogen-bond donors (Lipinski definition) is 0. The topological polar surface area (TPSA) is 95.6 Å². The summed E-state index contributed by atoms with van der Waals surface area (Å²) in [6, 6.07) is 17.7. The number of aryl methyl sites for hydroxylation is 1. The van der Waals surface area contributed by atoms with Crippen molar-refractivity contribution >= 4 is 21.8 Å². The van der Waals surface area contributed by atoms with Gasteiger partial charge in [0.05, 0.1) is 26.9 Å². The molecule has 0 aliphatic rings. The fraction of sp³-hybridized carbons (Fsp3) is 0.111. The monoisotopic (exact) mass is 412 g/mol. The van der Waals surface area contributed by atoms with E-state index in [2.05, 4.69) is 20.6 Å². The second-order valence-electron chi connectivity index (χ2n) is 5.97. The summed E-state index contributed by atoms with van der Waals surface area (Å²) < 4.78 is 28.6. The van der Waals surface area contributed by atoms with Crippen molar-refractivity contribution in [1.29, 1.82) is 0 Å². The van der Waals surface area contributed by atoms with Crippen molar-refractivity contribution in [2.75, 3.05) is 0 Å². The molecule has 2 aromatic heterocycles. The van der Waals surface area contributed by atoms with Gasteiger partial charge in [0.2, 0.25) is 5.16 Å². The van der Waals surface area contributed by atoms with Gasteiger partial charge in [-0.3, -0.25) is 0 Å². The Morgan fingerprint density at radius 2 is 1.57 bits per heavy atom. The van der Waals surface area contributed by atoms with Gasteiger partial charge in [-0.15, -0.1) is 5.10 Å². The van der Waals surface area contributed by atoms with Crippen LogP contribution < -0.4 is 0 Å². The van der Waals surface area contributed by atoms with E-state index in [1.54, 1.807) is 48.9 Å². The zero-order valence-electron chi connectivity index (χ0n) is 15.1. The van der Waals surface area contributed by atoms with E-state index in [-0.39, 0.29) is 4.90 Å². The van der Waals surface area contributed by atoms with Crippen molar-refractivity contribution in [3.8, 4) is 5.69 Å². The molecule has 0 bridgehead atoms. The summed E-state index contributed by atoms with van der Waals surface area (Å²) in [4.78, 5) is 0.887. The van der Waals surface area contributed by atoms with Crippen molar-refractivity contribution in [1.82, 2.24) is 29.4 Å². The molecule has 10 heteroatoms. The first kappa shape index (κ1) is 18.4. The maximum absolute atomic E-state index is 13.0. The Balaban J connectivity index is 1.74. The molecule has 8 nitrogen and oxygen atoms in total. The zero-order chi connectivity index (χ0) is 19.7. The van der Waals surface area contributed by atoms with Crippen LogP contribution in [0.3, 0.4) is 0 Å². The molecule has 2 aromatic carbocycles. The minimum absolute atomic E-state index is 0.186. The minimum atomic E-state index is -3.78. The lowest BCUT2D eigenvalue weighted by molar-refractivity contribution is 0.577. The molecule has 0 fully saturated rings. The fourth-order valence-electron chi connectivity index (χ4n) is 2.74. The Bertz CT molecular complexity index is 1220. The summed E-state index contributed by atoms with van der Waals surface area (Å²) in [5, 5.41) is 16.7. The molecule has 0 unspecified atom stereocenters. The molecule has 142 valence electrons. The molecular weight excluding hydrogens is 396 g/mol. The van der Waals surface area contributed by atoms with E-state index in [0.29, 0.717) is 21.4 Å². The van der Waals surface area contributed by atoms with Gasteiger partial charge in [-0.1, -0.05) is 36.4 Å². The molecule has 0 aliphatic heterocycles. The molecule has 0 aliphatic carbocycles. The molecule has 0 amide bonds. The number of para-hydroxylation sites is 1. The van der Waals surface area contributed by atoms with Gasteiger partial charge in [0, 0.05) is 0 Å². The van der Waals surface area contributed by atoms with Crippen LogP contribution in [0.2, 0.25) is 0 Å². The molecule has 0 radical (unpaired) electrons. The van der Waals surface area contributed by atoms with E-state index in [0.717, 1.165) is 9.77 Å². The first-order valence-electron chi connectivity index (χ1n) is 8.37. The average molecular weight is 413 g/mol. The number of nitrogens with zero attached hydrogens (tertiary/aromatic N) is 6. The SMILES string of the molecule is Cc1nn(S(=O)(=O)c2ccccc2)c(C)c1Sc1nnnn1-c1ccccc1. The smallest absolute Gasteiger partial charge is 0.199 e. The molecule has 0 saturated heterocycles. The van der Waals surface area contributed by atoms with Crippen LogP contribution in [0.5, 0.6) is 0 Å². The number of aromatic nitrogens is 6. The van der Waals surface area contributed by atoms with Crippen LogP contribution in [-0.4, -0.2) is 37.8 Å². The van der Waals surface area contributed by atoms with Gasteiger partial charge in [-0.05, 0) is 60.3 Å². The molecule has 28 heavy (non-hydrogen) atoms. The average Bonchev–Trinajstić information content (AvgIpc) is 3.29. The van der Waals surface area contributed by atoms with E-state index < -0.39 is 10.0 Å². The van der Waals surface area contributed by atoms with Crippen molar-refractivity contribution in [3.63, 3.8) is 0 Å². The predicted molar refractivity (Wildman–Crippen MR) is 104 cm³/mol. The zero-order valence-corrected chi connectivity index (χ0v) is 16.7. The van der Waals surface area contributed by atoms with E-state index >= 15 is 0 Å². The normalized spacial score (nSPS) is 11.6. The van der Waals surface area contributed by atoms with Gasteiger partial charge in [-0.2, -0.15) is 22.3 Å². The van der Waals surface area contributed by atoms with Crippen LogP contribution in [-0.2, 0) is 10.0 Å². The lowest BCUT2D eigenvalue weighted by Crippen LogP contribution is -2.16. The van der Waals surface area contributed by atoms with E-state index in [9.17, 15) is 8.42 Å². The maximum Gasteiger partial charge on any atom is 0.283 e. The van der Waals surface area contributed by atoms with Crippen LogP contribution in [0, 0.1) is 13.8 Å². The lowest BCUT2D eigenvalue weighted by Gasteiger charge is -2.07. The third kappa shape index (κ3) is 3.20. The van der Waals surface area contributed by atoms with Crippen molar-refractivity contribution in [2.24, 2.45) is 0 Å². The molecule has 0 saturated carbocycles. The fourth-order valence-corrected chi connectivity index (χ4v) is 5.10. The maximum atomic E-state index is 13.0. The Kier molecular flexibility index (Phi) is 4.73. The van der Waals surface area contributed by atoms with Gasteiger partial charge in [0.1, 0.15) is 0 Å². The van der Waals surface area contributed by atoms with E-state index in [1.165, 1.54) is 11.8 Å². The largest absolute Gasteiger partial charge is 0.283 e. The Hall–Kier alpha value is -2.98. The Morgan fingerprint density at radius 3 is 2.25 bits per heavy atom. The highest BCUT2D eigenvalue weighted by molar-refractivity contribution is 7.99. The van der Waals surface area contributed by atoms with Gasteiger partial charge >= 0.3 is 0 Å². The third-order valence-corrected chi connectivity index (χ3v) is 7.00. The summed E-state index contributed by atoms with van der Waals surface area (Å²) >= 11 is 1.28. The second kappa shape index (κ2) is 7.21. The summed E-state index contributed by atoms with van der Waals surface area (Å²) in [6.07, 6.45) is 0. The Morgan fingerprint density at radius 1 is 0.929 bits per heavy atom. The molecule has 2 heterocycles. The van der Waals surface area contributed by atoms with Crippen LogP contribution in [0.1, 0.15) is 11.4 Å². The molecule has 4 aromatic rings. The van der Waals surface area contributed by atoms with E-state index in [4.69, 9.17) is 0 Å². The Labute approximate surface area is 166 Å². The first-order valence-corrected chi connectivity index (χ1v) is 10.6. The van der Waals surface area contributed by atoms with Crippen LogP contribution in [0.4, 0.5) is 0 Å². The highest BCUT2D eigenvalue weighted by Crippen LogP contribution is 2.33. The number of hydrogen-bond acceptors (Lipinski definition) is 7. The summed E-state index contributed by atoms with van der Waals surface area (Å²) in [6.45, 7) is 3.49. The number of rotatable bonds is 5. The minimum Gasteiger partial charge on any atom is -0.199 e. The van der Waals surface area contributed by atoms with Gasteiger partial charge in [0.15, 0.2) is 0 Å². The van der Waals surface area contributed by atoms with E-state index in [1.807, 2.05) is 30.3 Å². The molecular formula is C18H16N6O2S2. The van der Waals surface area contributed by atoms with Crippen LogP contribution in [0.25, 0.3) is 5.69 Å². The lowest BCUT2D eigenvalue weighted by atomic mass is 10.3. The molecule has 0 N–H and O–H groups in total.